The largest absolute Gasteiger partial charge is 0.396 e. The van der Waals surface area contributed by atoms with Crippen LogP contribution in [0.4, 0.5) is 0 Å². The summed E-state index contributed by atoms with van der Waals surface area (Å²) >= 11 is 0. The maximum Gasteiger partial charge on any atom is 0.240 e. The highest BCUT2D eigenvalue weighted by Gasteiger charge is 2.37. The SMILES string of the molecule is CCCC(C#N)(CCC)C(=O)NC(C)C(C)CO. The second-order valence-corrected chi connectivity index (χ2v) is 5.12. The fourth-order valence-electron chi connectivity index (χ4n) is 2.01. The number of aliphatic hydroxyl groups is 1. The number of nitrogens with zero attached hydrogens (tertiary/aromatic N) is 1. The molecule has 0 aliphatic heterocycles. The van der Waals surface area contributed by atoms with Crippen molar-refractivity contribution in [2.24, 2.45) is 11.3 Å². The average Bonchev–Trinajstić information content (AvgIpc) is 2.36. The van der Waals surface area contributed by atoms with Gasteiger partial charge >= 0.3 is 0 Å². The Hall–Kier alpha value is -1.08. The number of carbonyl (C=O) groups is 1. The van der Waals surface area contributed by atoms with Crippen LogP contribution >= 0.6 is 0 Å². The molecule has 0 aliphatic rings. The minimum absolute atomic E-state index is 0.00593. The number of hydrogen-bond acceptors (Lipinski definition) is 3. The van der Waals surface area contributed by atoms with Crippen LogP contribution in [0.3, 0.4) is 0 Å². The summed E-state index contributed by atoms with van der Waals surface area (Å²) in [6, 6.07) is 2.08. The Bertz CT molecular complexity index is 291. The molecule has 0 aliphatic carbocycles. The molecule has 0 fully saturated rings. The molecule has 0 aromatic heterocycles. The first-order chi connectivity index (χ1) is 8.47. The highest BCUT2D eigenvalue weighted by Crippen LogP contribution is 2.29. The number of aliphatic hydroxyl groups excluding tert-OH is 1. The monoisotopic (exact) mass is 254 g/mol. The summed E-state index contributed by atoms with van der Waals surface area (Å²) < 4.78 is 0. The molecule has 104 valence electrons. The summed E-state index contributed by atoms with van der Waals surface area (Å²) in [4.78, 5) is 12.3. The van der Waals surface area contributed by atoms with Gasteiger partial charge in [-0.15, -0.1) is 0 Å². The van der Waals surface area contributed by atoms with Crippen molar-refractivity contribution in [2.75, 3.05) is 6.61 Å². The van der Waals surface area contributed by atoms with E-state index in [-0.39, 0.29) is 24.5 Å². The third kappa shape index (κ3) is 4.30. The smallest absolute Gasteiger partial charge is 0.240 e. The van der Waals surface area contributed by atoms with Crippen molar-refractivity contribution in [3.63, 3.8) is 0 Å². The van der Waals surface area contributed by atoms with Gasteiger partial charge in [0.05, 0.1) is 6.07 Å². The van der Waals surface area contributed by atoms with Crippen LogP contribution in [-0.4, -0.2) is 23.7 Å². The molecule has 1 amide bonds. The third-order valence-corrected chi connectivity index (χ3v) is 3.50. The molecule has 0 saturated carbocycles. The summed E-state index contributed by atoms with van der Waals surface area (Å²) in [5, 5.41) is 21.3. The van der Waals surface area contributed by atoms with Crippen LogP contribution in [0.5, 0.6) is 0 Å². The Labute approximate surface area is 110 Å². The van der Waals surface area contributed by atoms with Crippen LogP contribution in [0.25, 0.3) is 0 Å². The van der Waals surface area contributed by atoms with Crippen molar-refractivity contribution < 1.29 is 9.90 Å². The number of nitriles is 1. The van der Waals surface area contributed by atoms with Crippen molar-refractivity contribution in [3.8, 4) is 6.07 Å². The molecule has 0 saturated heterocycles. The van der Waals surface area contributed by atoms with E-state index in [1.54, 1.807) is 0 Å². The van der Waals surface area contributed by atoms with Gasteiger partial charge in [-0.1, -0.05) is 33.6 Å². The Balaban J connectivity index is 4.81. The van der Waals surface area contributed by atoms with Crippen molar-refractivity contribution in [2.45, 2.75) is 59.4 Å². The minimum atomic E-state index is -0.910. The molecular formula is C14H26N2O2. The lowest BCUT2D eigenvalue weighted by Crippen LogP contribution is -2.46. The fraction of sp³-hybridized carbons (Fsp3) is 0.857. The van der Waals surface area contributed by atoms with Crippen LogP contribution in [0, 0.1) is 22.7 Å². The van der Waals surface area contributed by atoms with Gasteiger partial charge in [-0.2, -0.15) is 5.26 Å². The molecule has 0 heterocycles. The summed E-state index contributed by atoms with van der Waals surface area (Å²) in [6.45, 7) is 7.73. The molecule has 2 atom stereocenters. The van der Waals surface area contributed by atoms with Gasteiger partial charge in [-0.3, -0.25) is 4.79 Å². The van der Waals surface area contributed by atoms with Crippen LogP contribution < -0.4 is 5.32 Å². The van der Waals surface area contributed by atoms with Gasteiger partial charge in [-0.25, -0.2) is 0 Å². The zero-order valence-corrected chi connectivity index (χ0v) is 12.0. The molecule has 0 rings (SSSR count). The normalized spacial score (nSPS) is 14.7. The molecule has 0 bridgehead atoms. The standard InChI is InChI=1S/C14H26N2O2/c1-5-7-14(10-15,8-6-2)13(18)16-12(4)11(3)9-17/h11-12,17H,5-9H2,1-4H3,(H,16,18). The van der Waals surface area contributed by atoms with E-state index in [2.05, 4.69) is 11.4 Å². The van der Waals surface area contributed by atoms with E-state index in [1.807, 2.05) is 27.7 Å². The highest BCUT2D eigenvalue weighted by atomic mass is 16.3. The third-order valence-electron chi connectivity index (χ3n) is 3.50. The first-order valence-electron chi connectivity index (χ1n) is 6.80. The van der Waals surface area contributed by atoms with E-state index < -0.39 is 5.41 Å². The lowest BCUT2D eigenvalue weighted by molar-refractivity contribution is -0.130. The van der Waals surface area contributed by atoms with E-state index in [0.29, 0.717) is 12.8 Å². The van der Waals surface area contributed by atoms with Gasteiger partial charge in [0, 0.05) is 12.6 Å². The molecule has 4 heteroatoms. The zero-order valence-electron chi connectivity index (χ0n) is 12.0. The first kappa shape index (κ1) is 16.9. The summed E-state index contributed by atoms with van der Waals surface area (Å²) in [5.41, 5.74) is -0.910. The molecule has 0 spiro atoms. The van der Waals surface area contributed by atoms with Crippen molar-refractivity contribution in [1.82, 2.24) is 5.32 Å². The number of amides is 1. The number of nitrogens with one attached hydrogen (secondary N) is 1. The second kappa shape index (κ2) is 8.10. The lowest BCUT2D eigenvalue weighted by atomic mass is 9.79. The summed E-state index contributed by atoms with van der Waals surface area (Å²) in [6.07, 6.45) is 2.79. The molecule has 4 nitrogen and oxygen atoms in total. The van der Waals surface area contributed by atoms with E-state index in [0.717, 1.165) is 12.8 Å². The minimum Gasteiger partial charge on any atom is -0.396 e. The second-order valence-electron chi connectivity index (χ2n) is 5.12. The van der Waals surface area contributed by atoms with Gasteiger partial charge in [0.15, 0.2) is 0 Å². The van der Waals surface area contributed by atoms with Gasteiger partial charge in [0.1, 0.15) is 5.41 Å². The number of carbonyl (C=O) groups excluding carboxylic acids is 1. The maximum absolute atomic E-state index is 12.3. The van der Waals surface area contributed by atoms with Gasteiger partial charge < -0.3 is 10.4 Å². The Morgan fingerprint density at radius 1 is 1.33 bits per heavy atom. The first-order valence-corrected chi connectivity index (χ1v) is 6.80. The highest BCUT2D eigenvalue weighted by molar-refractivity contribution is 5.85. The van der Waals surface area contributed by atoms with E-state index in [9.17, 15) is 10.1 Å². The summed E-state index contributed by atoms with van der Waals surface area (Å²) in [7, 11) is 0. The molecule has 0 radical (unpaired) electrons. The zero-order chi connectivity index (χ0) is 14.2. The lowest BCUT2D eigenvalue weighted by Gasteiger charge is -2.28. The molecule has 18 heavy (non-hydrogen) atoms. The molecule has 0 aromatic carbocycles. The van der Waals surface area contributed by atoms with Crippen LogP contribution in [0.15, 0.2) is 0 Å². The molecule has 2 unspecified atom stereocenters. The van der Waals surface area contributed by atoms with Crippen LogP contribution in [0.2, 0.25) is 0 Å². The van der Waals surface area contributed by atoms with Crippen LogP contribution in [0.1, 0.15) is 53.4 Å². The number of hydrogen-bond donors (Lipinski definition) is 2. The number of rotatable bonds is 8. The quantitative estimate of drug-likeness (QED) is 0.697. The Kier molecular flexibility index (Phi) is 7.61. The molecule has 2 N–H and O–H groups in total. The Morgan fingerprint density at radius 2 is 1.83 bits per heavy atom. The van der Waals surface area contributed by atoms with Gasteiger partial charge in [0.2, 0.25) is 5.91 Å². The van der Waals surface area contributed by atoms with Crippen molar-refractivity contribution in [1.29, 1.82) is 5.26 Å². The molecular weight excluding hydrogens is 228 g/mol. The van der Waals surface area contributed by atoms with Gasteiger partial charge in [-0.05, 0) is 25.7 Å². The fourth-order valence-corrected chi connectivity index (χ4v) is 2.01. The van der Waals surface area contributed by atoms with Gasteiger partial charge in [0.25, 0.3) is 0 Å². The Morgan fingerprint density at radius 3 is 2.17 bits per heavy atom. The maximum atomic E-state index is 12.3. The van der Waals surface area contributed by atoms with E-state index in [4.69, 9.17) is 5.11 Å². The predicted octanol–water partition coefficient (Wildman–Crippen LogP) is 2.23. The predicted molar refractivity (Wildman–Crippen MR) is 71.7 cm³/mol. The van der Waals surface area contributed by atoms with E-state index in [1.165, 1.54) is 0 Å². The summed E-state index contributed by atoms with van der Waals surface area (Å²) in [5.74, 6) is -0.199. The van der Waals surface area contributed by atoms with Crippen molar-refractivity contribution >= 4 is 5.91 Å². The topological polar surface area (TPSA) is 73.1 Å². The van der Waals surface area contributed by atoms with E-state index >= 15 is 0 Å². The molecule has 0 aromatic rings. The van der Waals surface area contributed by atoms with Crippen LogP contribution in [-0.2, 0) is 4.79 Å². The van der Waals surface area contributed by atoms with Crippen molar-refractivity contribution in [3.05, 3.63) is 0 Å². The average molecular weight is 254 g/mol.